The minimum atomic E-state index is 0.208. The van der Waals surface area contributed by atoms with Crippen LogP contribution in [-0.4, -0.2) is 50.6 Å². The van der Waals surface area contributed by atoms with E-state index in [1.54, 1.807) is 0 Å². The average molecular weight is 255 g/mol. The van der Waals surface area contributed by atoms with Crippen molar-refractivity contribution in [2.75, 3.05) is 33.7 Å². The highest BCUT2D eigenvalue weighted by Crippen LogP contribution is 2.17. The molecule has 0 aromatic carbocycles. The molecule has 4 nitrogen and oxygen atoms in total. The Hall–Kier alpha value is -0.610. The molecule has 0 saturated heterocycles. The van der Waals surface area contributed by atoms with E-state index in [0.29, 0.717) is 12.5 Å². The van der Waals surface area contributed by atoms with Gasteiger partial charge < -0.3 is 15.5 Å². The average Bonchev–Trinajstić information content (AvgIpc) is 2.56. The highest BCUT2D eigenvalue weighted by Gasteiger charge is 2.13. The van der Waals surface area contributed by atoms with Gasteiger partial charge in [-0.15, -0.1) is 0 Å². The Kier molecular flexibility index (Phi) is 8.01. The normalized spacial score (nSPS) is 17.7. The van der Waals surface area contributed by atoms with Crippen molar-refractivity contribution in [1.29, 1.82) is 0 Å². The molecule has 1 fully saturated rings. The fourth-order valence-electron chi connectivity index (χ4n) is 2.35. The van der Waals surface area contributed by atoms with Crippen LogP contribution < -0.4 is 10.6 Å². The van der Waals surface area contributed by atoms with Crippen LogP contribution in [0.25, 0.3) is 0 Å². The summed E-state index contributed by atoms with van der Waals surface area (Å²) in [5.41, 5.74) is 0. The first-order valence-corrected chi connectivity index (χ1v) is 7.33. The van der Waals surface area contributed by atoms with Crippen molar-refractivity contribution in [3.63, 3.8) is 0 Å². The predicted octanol–water partition coefficient (Wildman–Crippen LogP) is 1.37. The van der Waals surface area contributed by atoms with Gasteiger partial charge in [0.1, 0.15) is 0 Å². The summed E-state index contributed by atoms with van der Waals surface area (Å²) in [7, 11) is 4.11. The molecule has 1 amide bonds. The second-order valence-corrected chi connectivity index (χ2v) is 5.56. The monoisotopic (exact) mass is 255 g/mol. The molecule has 0 spiro atoms. The summed E-state index contributed by atoms with van der Waals surface area (Å²) in [5.74, 6) is 0.208. The van der Waals surface area contributed by atoms with E-state index in [9.17, 15) is 4.79 Å². The van der Waals surface area contributed by atoms with Gasteiger partial charge in [0.05, 0.1) is 0 Å². The summed E-state index contributed by atoms with van der Waals surface area (Å²) in [4.78, 5) is 13.9. The lowest BCUT2D eigenvalue weighted by Crippen LogP contribution is -2.36. The van der Waals surface area contributed by atoms with Crippen molar-refractivity contribution < 1.29 is 4.79 Å². The van der Waals surface area contributed by atoms with Crippen molar-refractivity contribution in [2.45, 2.75) is 51.0 Å². The molecule has 0 aromatic rings. The van der Waals surface area contributed by atoms with E-state index in [1.807, 2.05) is 0 Å². The maximum absolute atomic E-state index is 11.8. The molecule has 1 aliphatic carbocycles. The standard InChI is InChI=1S/C14H29N3O/c1-17(2)12-11-15-10-9-14(18)16-13-7-5-3-4-6-8-13/h13,15H,3-12H2,1-2H3,(H,16,18). The predicted molar refractivity (Wildman–Crippen MR) is 75.7 cm³/mol. The van der Waals surface area contributed by atoms with Crippen LogP contribution in [0.5, 0.6) is 0 Å². The molecule has 0 unspecified atom stereocenters. The van der Waals surface area contributed by atoms with Crippen LogP contribution in [0.2, 0.25) is 0 Å². The van der Waals surface area contributed by atoms with Crippen molar-refractivity contribution in [3.8, 4) is 0 Å². The summed E-state index contributed by atoms with van der Waals surface area (Å²) >= 11 is 0. The highest BCUT2D eigenvalue weighted by atomic mass is 16.1. The van der Waals surface area contributed by atoms with Crippen molar-refractivity contribution in [1.82, 2.24) is 15.5 Å². The topological polar surface area (TPSA) is 44.4 Å². The molecular weight excluding hydrogens is 226 g/mol. The first kappa shape index (κ1) is 15.4. The molecule has 0 aromatic heterocycles. The van der Waals surface area contributed by atoms with E-state index in [-0.39, 0.29) is 5.91 Å². The summed E-state index contributed by atoms with van der Waals surface area (Å²) in [6.07, 6.45) is 8.14. The molecule has 1 saturated carbocycles. The van der Waals surface area contributed by atoms with Crippen molar-refractivity contribution >= 4 is 5.91 Å². The number of amides is 1. The van der Waals surface area contributed by atoms with Crippen molar-refractivity contribution in [3.05, 3.63) is 0 Å². The lowest BCUT2D eigenvalue weighted by Gasteiger charge is -2.16. The Labute approximate surface area is 111 Å². The van der Waals surface area contributed by atoms with Crippen LogP contribution in [0.1, 0.15) is 44.9 Å². The molecule has 18 heavy (non-hydrogen) atoms. The molecular formula is C14H29N3O. The van der Waals surface area contributed by atoms with E-state index in [0.717, 1.165) is 19.6 Å². The van der Waals surface area contributed by atoms with Crippen LogP contribution in [0, 0.1) is 0 Å². The molecule has 2 N–H and O–H groups in total. The lowest BCUT2D eigenvalue weighted by molar-refractivity contribution is -0.121. The van der Waals surface area contributed by atoms with Gasteiger partial charge in [-0.05, 0) is 26.9 Å². The summed E-state index contributed by atoms with van der Waals surface area (Å²) in [6, 6.07) is 0.432. The van der Waals surface area contributed by atoms with Gasteiger partial charge in [-0.1, -0.05) is 25.7 Å². The zero-order valence-corrected chi connectivity index (χ0v) is 12.0. The van der Waals surface area contributed by atoms with Gasteiger partial charge in [-0.3, -0.25) is 4.79 Å². The zero-order valence-electron chi connectivity index (χ0n) is 12.0. The van der Waals surface area contributed by atoms with Gasteiger partial charge in [0, 0.05) is 32.1 Å². The van der Waals surface area contributed by atoms with Crippen LogP contribution in [0.3, 0.4) is 0 Å². The third kappa shape index (κ3) is 7.67. The minimum absolute atomic E-state index is 0.208. The largest absolute Gasteiger partial charge is 0.353 e. The Balaban J connectivity index is 2.02. The fourth-order valence-corrected chi connectivity index (χ4v) is 2.35. The molecule has 1 rings (SSSR count). The first-order chi connectivity index (χ1) is 8.68. The highest BCUT2D eigenvalue weighted by molar-refractivity contribution is 5.76. The Bertz CT molecular complexity index is 223. The summed E-state index contributed by atoms with van der Waals surface area (Å²) < 4.78 is 0. The second-order valence-electron chi connectivity index (χ2n) is 5.56. The number of likely N-dealkylation sites (N-methyl/N-ethyl adjacent to an activating group) is 1. The smallest absolute Gasteiger partial charge is 0.221 e. The number of carbonyl (C=O) groups excluding carboxylic acids is 1. The zero-order chi connectivity index (χ0) is 13.2. The molecule has 106 valence electrons. The molecule has 4 heteroatoms. The summed E-state index contributed by atoms with van der Waals surface area (Å²) in [5, 5.41) is 6.46. The minimum Gasteiger partial charge on any atom is -0.353 e. The third-order valence-corrected chi connectivity index (χ3v) is 3.48. The van der Waals surface area contributed by atoms with Gasteiger partial charge in [-0.25, -0.2) is 0 Å². The Morgan fingerprint density at radius 3 is 2.39 bits per heavy atom. The fraction of sp³-hybridized carbons (Fsp3) is 0.929. The number of carbonyl (C=O) groups is 1. The van der Waals surface area contributed by atoms with Crippen LogP contribution in [-0.2, 0) is 4.79 Å². The number of nitrogens with zero attached hydrogens (tertiary/aromatic N) is 1. The molecule has 0 heterocycles. The molecule has 1 aliphatic rings. The van der Waals surface area contributed by atoms with Crippen molar-refractivity contribution in [2.24, 2.45) is 0 Å². The Morgan fingerprint density at radius 2 is 1.78 bits per heavy atom. The van der Waals surface area contributed by atoms with E-state index in [2.05, 4.69) is 29.6 Å². The first-order valence-electron chi connectivity index (χ1n) is 7.33. The Morgan fingerprint density at radius 1 is 1.11 bits per heavy atom. The number of rotatable bonds is 7. The maximum Gasteiger partial charge on any atom is 0.221 e. The lowest BCUT2D eigenvalue weighted by atomic mass is 10.1. The summed E-state index contributed by atoms with van der Waals surface area (Å²) in [6.45, 7) is 2.75. The number of nitrogens with one attached hydrogen (secondary N) is 2. The molecule has 0 radical (unpaired) electrons. The second kappa shape index (κ2) is 9.34. The van der Waals surface area contributed by atoms with Crippen LogP contribution in [0.15, 0.2) is 0 Å². The molecule has 0 bridgehead atoms. The van der Waals surface area contributed by atoms with Gasteiger partial charge in [0.25, 0.3) is 0 Å². The maximum atomic E-state index is 11.8. The number of hydrogen-bond donors (Lipinski definition) is 2. The number of hydrogen-bond acceptors (Lipinski definition) is 3. The van der Waals surface area contributed by atoms with Gasteiger partial charge in [0.2, 0.25) is 5.91 Å². The van der Waals surface area contributed by atoms with E-state index >= 15 is 0 Å². The van der Waals surface area contributed by atoms with Gasteiger partial charge in [0.15, 0.2) is 0 Å². The van der Waals surface area contributed by atoms with Gasteiger partial charge in [-0.2, -0.15) is 0 Å². The third-order valence-electron chi connectivity index (χ3n) is 3.48. The quantitative estimate of drug-likeness (QED) is 0.533. The molecule has 0 aliphatic heterocycles. The SMILES string of the molecule is CN(C)CCNCCC(=O)NC1CCCCCC1. The van der Waals surface area contributed by atoms with Gasteiger partial charge >= 0.3 is 0 Å². The van der Waals surface area contributed by atoms with E-state index in [4.69, 9.17) is 0 Å². The van der Waals surface area contributed by atoms with Crippen LogP contribution in [0.4, 0.5) is 0 Å². The van der Waals surface area contributed by atoms with E-state index in [1.165, 1.54) is 38.5 Å². The van der Waals surface area contributed by atoms with Crippen LogP contribution >= 0.6 is 0 Å². The van der Waals surface area contributed by atoms with E-state index < -0.39 is 0 Å². The molecule has 0 atom stereocenters.